The van der Waals surface area contributed by atoms with Crippen molar-refractivity contribution in [3.8, 4) is 5.75 Å². The largest absolute Gasteiger partial charge is 0.485 e. The summed E-state index contributed by atoms with van der Waals surface area (Å²) < 4.78 is 43.8. The van der Waals surface area contributed by atoms with Gasteiger partial charge in [0.05, 0.1) is 18.1 Å². The third-order valence-electron chi connectivity index (χ3n) is 6.94. The predicted molar refractivity (Wildman–Crippen MR) is 163 cm³/mol. The highest BCUT2D eigenvalue weighted by atomic mass is 32.2. The number of hydrogen-bond acceptors (Lipinski definition) is 7. The maximum Gasteiger partial charge on any atom is 0.241 e. The average Bonchev–Trinajstić information content (AvgIpc) is 3.46. The summed E-state index contributed by atoms with van der Waals surface area (Å²) in [5.41, 5.74) is 3.45. The molecular weight excluding hydrogens is 550 g/mol. The molecule has 5 aromatic rings. The van der Waals surface area contributed by atoms with Crippen LogP contribution in [-0.4, -0.2) is 42.7 Å². The summed E-state index contributed by atoms with van der Waals surface area (Å²) in [5.74, 6) is 0.936. The van der Waals surface area contributed by atoms with Crippen LogP contribution in [-0.2, 0) is 28.0 Å². The first-order valence-corrected chi connectivity index (χ1v) is 15.5. The van der Waals surface area contributed by atoms with E-state index in [1.54, 1.807) is 22.7 Å². The number of hydrogen-bond donors (Lipinski definition) is 1. The second-order valence-electron chi connectivity index (χ2n) is 9.74. The highest BCUT2D eigenvalue weighted by Gasteiger charge is 2.27. The summed E-state index contributed by atoms with van der Waals surface area (Å²) in [4.78, 5) is 2.32. The molecule has 0 radical (unpaired) electrons. The molecule has 0 aliphatic rings. The maximum absolute atomic E-state index is 13.6. The minimum Gasteiger partial charge on any atom is -0.485 e. The summed E-state index contributed by atoms with van der Waals surface area (Å²) in [5, 5.41) is 8.76. The van der Waals surface area contributed by atoms with Crippen LogP contribution >= 0.6 is 0 Å². The van der Waals surface area contributed by atoms with Crippen molar-refractivity contribution < 1.29 is 17.9 Å². The van der Waals surface area contributed by atoms with Crippen molar-refractivity contribution in [1.29, 1.82) is 0 Å². The molecular formula is C32H35N5O4S. The Balaban J connectivity index is 1.41. The molecule has 0 fully saturated rings. The second kappa shape index (κ2) is 13.6. The zero-order chi connectivity index (χ0) is 29.4. The molecule has 2 heterocycles. The molecule has 9 nitrogen and oxygen atoms in total. The number of benzene rings is 3. The second-order valence-corrected chi connectivity index (χ2v) is 11.5. The van der Waals surface area contributed by atoms with E-state index in [0.717, 1.165) is 29.9 Å². The van der Waals surface area contributed by atoms with Gasteiger partial charge in [0.2, 0.25) is 15.7 Å². The number of nitrogens with zero attached hydrogens (tertiary/aromatic N) is 4. The van der Waals surface area contributed by atoms with Gasteiger partial charge < -0.3 is 14.4 Å². The van der Waals surface area contributed by atoms with Gasteiger partial charge in [-0.15, -0.1) is 10.2 Å². The molecule has 10 heteroatoms. The van der Waals surface area contributed by atoms with Crippen LogP contribution in [0.15, 0.2) is 108 Å². The lowest BCUT2D eigenvalue weighted by Gasteiger charge is -2.21. The number of pyridine rings is 1. The Hall–Kier alpha value is -4.25. The molecule has 0 aliphatic carbocycles. The van der Waals surface area contributed by atoms with E-state index in [0.29, 0.717) is 30.4 Å². The number of anilines is 1. The number of sulfonamides is 1. The molecule has 1 unspecified atom stereocenters. The Morgan fingerprint density at radius 3 is 2.10 bits per heavy atom. The zero-order valence-corrected chi connectivity index (χ0v) is 24.6. The summed E-state index contributed by atoms with van der Waals surface area (Å²) in [6, 6.07) is 29.3. The number of rotatable bonds is 14. The average molecular weight is 586 g/mol. The van der Waals surface area contributed by atoms with Crippen LogP contribution in [0.2, 0.25) is 0 Å². The van der Waals surface area contributed by atoms with Crippen LogP contribution in [0.5, 0.6) is 5.75 Å². The fourth-order valence-corrected chi connectivity index (χ4v) is 5.88. The number of fused-ring (bicyclic) bond motifs is 1. The molecule has 0 amide bonds. The van der Waals surface area contributed by atoms with Gasteiger partial charge in [0.25, 0.3) is 0 Å². The molecule has 0 spiro atoms. The third-order valence-corrected chi connectivity index (χ3v) is 8.43. The Labute approximate surface area is 246 Å². The SMILES string of the molecule is CCN(CC)c1ccc(S(=O)(=O)NC(COCc2ccccc2)c2nnc3c(OCc4ccccc4)cccn23)cc1. The van der Waals surface area contributed by atoms with Gasteiger partial charge in [-0.3, -0.25) is 4.40 Å². The van der Waals surface area contributed by atoms with Crippen LogP contribution in [0, 0.1) is 0 Å². The molecule has 0 bridgehead atoms. The minimum atomic E-state index is -3.92. The van der Waals surface area contributed by atoms with Gasteiger partial charge in [0, 0.05) is 25.0 Å². The molecule has 1 N–H and O–H groups in total. The minimum absolute atomic E-state index is 0.0432. The van der Waals surface area contributed by atoms with Gasteiger partial charge in [-0.2, -0.15) is 4.72 Å². The lowest BCUT2D eigenvalue weighted by atomic mass is 10.2. The Morgan fingerprint density at radius 1 is 0.810 bits per heavy atom. The van der Waals surface area contributed by atoms with E-state index >= 15 is 0 Å². The van der Waals surface area contributed by atoms with Crippen molar-refractivity contribution >= 4 is 21.4 Å². The molecule has 0 saturated heterocycles. The predicted octanol–water partition coefficient (Wildman–Crippen LogP) is 5.39. The smallest absolute Gasteiger partial charge is 0.241 e. The number of aromatic nitrogens is 3. The van der Waals surface area contributed by atoms with E-state index in [9.17, 15) is 8.42 Å². The molecule has 5 rings (SSSR count). The van der Waals surface area contributed by atoms with Crippen LogP contribution in [0.1, 0.15) is 36.8 Å². The van der Waals surface area contributed by atoms with Gasteiger partial charge >= 0.3 is 0 Å². The molecule has 0 aliphatic heterocycles. The van der Waals surface area contributed by atoms with E-state index in [1.807, 2.05) is 84.9 Å². The topological polar surface area (TPSA) is 98.1 Å². The number of ether oxygens (including phenoxy) is 2. The first kappa shape index (κ1) is 29.2. The van der Waals surface area contributed by atoms with Gasteiger partial charge in [-0.05, 0) is 61.4 Å². The standard InChI is InChI=1S/C32H35N5O4S/c1-3-36(4-2)27-17-19-28(20-18-27)42(38,39)35-29(24-40-22-25-12-7-5-8-13-25)31-33-34-32-30(16-11-21-37(31)32)41-23-26-14-9-6-10-15-26/h5-21,29,35H,3-4,22-24H2,1-2H3. The lowest BCUT2D eigenvalue weighted by molar-refractivity contribution is 0.102. The quantitative estimate of drug-likeness (QED) is 0.187. The van der Waals surface area contributed by atoms with Crippen molar-refractivity contribution in [2.24, 2.45) is 0 Å². The van der Waals surface area contributed by atoms with Crippen LogP contribution in [0.3, 0.4) is 0 Å². The highest BCUT2D eigenvalue weighted by molar-refractivity contribution is 7.89. The van der Waals surface area contributed by atoms with Crippen molar-refractivity contribution in [3.63, 3.8) is 0 Å². The van der Waals surface area contributed by atoms with E-state index in [1.165, 1.54) is 0 Å². The fraction of sp³-hybridized carbons (Fsp3) is 0.250. The van der Waals surface area contributed by atoms with Crippen molar-refractivity contribution in [3.05, 3.63) is 120 Å². The van der Waals surface area contributed by atoms with Crippen molar-refractivity contribution in [2.45, 2.75) is 38.0 Å². The lowest BCUT2D eigenvalue weighted by Crippen LogP contribution is -2.33. The third kappa shape index (κ3) is 6.96. The molecule has 3 aromatic carbocycles. The van der Waals surface area contributed by atoms with Gasteiger partial charge in [-0.25, -0.2) is 8.42 Å². The summed E-state index contributed by atoms with van der Waals surface area (Å²) >= 11 is 0. The van der Waals surface area contributed by atoms with Crippen LogP contribution in [0.25, 0.3) is 5.65 Å². The van der Waals surface area contributed by atoms with Gasteiger partial charge in [-0.1, -0.05) is 60.7 Å². The van der Waals surface area contributed by atoms with Gasteiger partial charge in [0.15, 0.2) is 11.6 Å². The van der Waals surface area contributed by atoms with E-state index < -0.39 is 16.1 Å². The molecule has 42 heavy (non-hydrogen) atoms. The van der Waals surface area contributed by atoms with Crippen LogP contribution < -0.4 is 14.4 Å². The molecule has 218 valence electrons. The maximum atomic E-state index is 13.6. The van der Waals surface area contributed by atoms with Crippen LogP contribution in [0.4, 0.5) is 5.69 Å². The fourth-order valence-electron chi connectivity index (χ4n) is 4.71. The molecule has 1 atom stereocenters. The summed E-state index contributed by atoms with van der Waals surface area (Å²) in [7, 11) is -3.92. The van der Waals surface area contributed by atoms with Crippen molar-refractivity contribution in [2.75, 3.05) is 24.6 Å². The Bertz CT molecular complexity index is 1670. The Morgan fingerprint density at radius 2 is 1.45 bits per heavy atom. The number of nitrogens with one attached hydrogen (secondary N) is 1. The van der Waals surface area contributed by atoms with E-state index in [4.69, 9.17) is 9.47 Å². The zero-order valence-electron chi connectivity index (χ0n) is 23.8. The normalized spacial score (nSPS) is 12.3. The van der Waals surface area contributed by atoms with E-state index in [-0.39, 0.29) is 11.5 Å². The molecule has 2 aromatic heterocycles. The summed E-state index contributed by atoms with van der Waals surface area (Å²) in [6.45, 7) is 6.52. The monoisotopic (exact) mass is 585 g/mol. The van der Waals surface area contributed by atoms with E-state index in [2.05, 4.69) is 33.7 Å². The first-order chi connectivity index (χ1) is 20.5. The first-order valence-electron chi connectivity index (χ1n) is 14.0. The van der Waals surface area contributed by atoms with Crippen molar-refractivity contribution in [1.82, 2.24) is 19.3 Å². The molecule has 0 saturated carbocycles. The Kier molecular flexibility index (Phi) is 9.48. The van der Waals surface area contributed by atoms with Gasteiger partial charge in [0.1, 0.15) is 12.6 Å². The highest BCUT2D eigenvalue weighted by Crippen LogP contribution is 2.25. The summed E-state index contributed by atoms with van der Waals surface area (Å²) in [6.07, 6.45) is 1.79.